The molecule has 1 saturated carbocycles. The first kappa shape index (κ1) is 23.6. The van der Waals surface area contributed by atoms with Crippen molar-refractivity contribution >= 4 is 5.97 Å². The number of allylic oxidation sites excluding steroid dienone is 4. The first-order valence-electron chi connectivity index (χ1n) is 10.2. The molecular formula is C22H36O5. The van der Waals surface area contributed by atoms with Crippen molar-refractivity contribution in [3.63, 3.8) is 0 Å². The number of rotatable bonds is 13. The van der Waals surface area contributed by atoms with E-state index in [1.54, 1.807) is 6.08 Å². The highest BCUT2D eigenvalue weighted by molar-refractivity contribution is 5.66. The average molecular weight is 381 g/mol. The summed E-state index contributed by atoms with van der Waals surface area (Å²) >= 11 is 0. The van der Waals surface area contributed by atoms with Crippen LogP contribution in [0, 0.1) is 11.8 Å². The smallest absolute Gasteiger partial charge is 0.303 e. The Labute approximate surface area is 163 Å². The van der Waals surface area contributed by atoms with Gasteiger partial charge in [-0.2, -0.15) is 0 Å². The number of hydrogen-bond acceptors (Lipinski definition) is 4. The monoisotopic (exact) mass is 380 g/mol. The van der Waals surface area contributed by atoms with Crippen LogP contribution in [0.3, 0.4) is 0 Å². The maximum atomic E-state index is 10.5. The minimum Gasteiger partial charge on any atom is -0.481 e. The molecule has 5 heteroatoms. The molecule has 1 rings (SSSR count). The zero-order valence-corrected chi connectivity index (χ0v) is 16.4. The fourth-order valence-electron chi connectivity index (χ4n) is 3.56. The van der Waals surface area contributed by atoms with Crippen LogP contribution >= 0.6 is 0 Å². The van der Waals surface area contributed by atoms with E-state index in [1.165, 1.54) is 0 Å². The topological polar surface area (TPSA) is 98.0 Å². The SMILES string of the molecule is CC/C=C\C/C=C\C[C@H]1[C@@H](/C=C/[C@@H](O)CCCCCC(=O)O)[C@H](O)C[C@@H]1O. The highest BCUT2D eigenvalue weighted by Crippen LogP contribution is 2.36. The van der Waals surface area contributed by atoms with Crippen LogP contribution in [0.5, 0.6) is 0 Å². The molecule has 27 heavy (non-hydrogen) atoms. The normalized spacial score (nSPS) is 27.3. The van der Waals surface area contributed by atoms with Gasteiger partial charge in [0.25, 0.3) is 0 Å². The first-order valence-corrected chi connectivity index (χ1v) is 10.2. The molecule has 0 heterocycles. The number of carbonyl (C=O) groups is 1. The summed E-state index contributed by atoms with van der Waals surface area (Å²) in [5.74, 6) is -0.978. The maximum absolute atomic E-state index is 10.5. The van der Waals surface area contributed by atoms with Crippen molar-refractivity contribution in [2.24, 2.45) is 11.8 Å². The molecule has 0 saturated heterocycles. The van der Waals surface area contributed by atoms with Crippen LogP contribution in [0.4, 0.5) is 0 Å². The van der Waals surface area contributed by atoms with Crippen molar-refractivity contribution in [3.05, 3.63) is 36.5 Å². The fourth-order valence-corrected chi connectivity index (χ4v) is 3.56. The molecule has 0 bridgehead atoms. The number of unbranched alkanes of at least 4 members (excludes halogenated alkanes) is 2. The van der Waals surface area contributed by atoms with Gasteiger partial charge in [-0.15, -0.1) is 0 Å². The van der Waals surface area contributed by atoms with Crippen LogP contribution in [0.2, 0.25) is 0 Å². The zero-order valence-electron chi connectivity index (χ0n) is 16.4. The number of hydrogen-bond donors (Lipinski definition) is 4. The van der Waals surface area contributed by atoms with Gasteiger partial charge < -0.3 is 20.4 Å². The lowest BCUT2D eigenvalue weighted by atomic mass is 9.89. The summed E-state index contributed by atoms with van der Waals surface area (Å²) in [6.45, 7) is 2.10. The Balaban J connectivity index is 2.42. The van der Waals surface area contributed by atoms with Crippen molar-refractivity contribution in [1.82, 2.24) is 0 Å². The Bertz CT molecular complexity index is 497. The summed E-state index contributed by atoms with van der Waals surface area (Å²) in [5, 5.41) is 39.1. The Morgan fingerprint density at radius 2 is 1.81 bits per heavy atom. The average Bonchev–Trinajstić information content (AvgIpc) is 2.88. The highest BCUT2D eigenvalue weighted by Gasteiger charge is 2.39. The lowest BCUT2D eigenvalue weighted by Crippen LogP contribution is -2.20. The minimum absolute atomic E-state index is 0.0366. The van der Waals surface area contributed by atoms with Crippen LogP contribution in [0.15, 0.2) is 36.5 Å². The summed E-state index contributed by atoms with van der Waals surface area (Å²) in [4.78, 5) is 10.5. The second kappa shape index (κ2) is 13.7. The van der Waals surface area contributed by atoms with Gasteiger partial charge in [0.05, 0.1) is 18.3 Å². The number of aliphatic carboxylic acids is 1. The molecular weight excluding hydrogens is 344 g/mol. The first-order chi connectivity index (χ1) is 13.0. The number of aliphatic hydroxyl groups excluding tert-OH is 3. The Morgan fingerprint density at radius 1 is 1.07 bits per heavy atom. The van der Waals surface area contributed by atoms with E-state index >= 15 is 0 Å². The molecule has 5 atom stereocenters. The third-order valence-corrected chi connectivity index (χ3v) is 5.11. The van der Waals surface area contributed by atoms with Gasteiger partial charge in [0.15, 0.2) is 0 Å². The predicted octanol–water partition coefficient (Wildman–Crippen LogP) is 3.60. The number of carboxylic acid groups (broad SMARTS) is 1. The quantitative estimate of drug-likeness (QED) is 0.289. The highest BCUT2D eigenvalue weighted by atomic mass is 16.4. The molecule has 0 unspecified atom stereocenters. The summed E-state index contributed by atoms with van der Waals surface area (Å²) in [6, 6.07) is 0. The largest absolute Gasteiger partial charge is 0.481 e. The molecule has 1 fully saturated rings. The van der Waals surface area contributed by atoms with Gasteiger partial charge in [-0.25, -0.2) is 0 Å². The van der Waals surface area contributed by atoms with Crippen molar-refractivity contribution in [1.29, 1.82) is 0 Å². The molecule has 0 aromatic rings. The Morgan fingerprint density at radius 3 is 2.52 bits per heavy atom. The standard InChI is InChI=1S/C22H36O5/c1-2-3-4-5-6-9-12-18-19(21(25)16-20(18)24)15-14-17(23)11-8-7-10-13-22(26)27/h3-4,6,9,14-15,17-21,23-25H,2,5,7-8,10-13,16H2,1H3,(H,26,27)/b4-3-,9-6-,15-14+/t17-,18-,19+,20-,21+/m0/s1. The fraction of sp³-hybridized carbons (Fsp3) is 0.682. The van der Waals surface area contributed by atoms with Gasteiger partial charge >= 0.3 is 5.97 Å². The van der Waals surface area contributed by atoms with Crippen LogP contribution in [-0.2, 0) is 4.79 Å². The van der Waals surface area contributed by atoms with Crippen LogP contribution < -0.4 is 0 Å². The maximum Gasteiger partial charge on any atom is 0.303 e. The van der Waals surface area contributed by atoms with Crippen molar-refractivity contribution in [2.45, 2.75) is 83.0 Å². The van der Waals surface area contributed by atoms with E-state index in [-0.39, 0.29) is 18.3 Å². The van der Waals surface area contributed by atoms with Gasteiger partial charge in [0.2, 0.25) is 0 Å². The lowest BCUT2D eigenvalue weighted by Gasteiger charge is -2.19. The van der Waals surface area contributed by atoms with E-state index in [0.717, 1.165) is 25.7 Å². The van der Waals surface area contributed by atoms with Gasteiger partial charge in [0, 0.05) is 18.8 Å². The van der Waals surface area contributed by atoms with E-state index in [9.17, 15) is 20.1 Å². The summed E-state index contributed by atoms with van der Waals surface area (Å²) < 4.78 is 0. The van der Waals surface area contributed by atoms with Crippen molar-refractivity contribution in [3.8, 4) is 0 Å². The van der Waals surface area contributed by atoms with Crippen molar-refractivity contribution in [2.75, 3.05) is 0 Å². The molecule has 0 aromatic carbocycles. The lowest BCUT2D eigenvalue weighted by molar-refractivity contribution is -0.137. The van der Waals surface area contributed by atoms with Crippen LogP contribution in [-0.4, -0.2) is 44.7 Å². The molecule has 4 N–H and O–H groups in total. The van der Waals surface area contributed by atoms with Crippen LogP contribution in [0.1, 0.15) is 64.7 Å². The van der Waals surface area contributed by atoms with E-state index in [0.29, 0.717) is 25.7 Å². The minimum atomic E-state index is -0.786. The van der Waals surface area contributed by atoms with Gasteiger partial charge in [0.1, 0.15) is 0 Å². The van der Waals surface area contributed by atoms with E-state index in [4.69, 9.17) is 5.11 Å². The van der Waals surface area contributed by atoms with E-state index in [2.05, 4.69) is 31.2 Å². The molecule has 1 aliphatic carbocycles. The zero-order chi connectivity index (χ0) is 20.1. The summed E-state index contributed by atoms with van der Waals surface area (Å²) in [7, 11) is 0. The van der Waals surface area contributed by atoms with E-state index < -0.39 is 24.3 Å². The summed E-state index contributed by atoms with van der Waals surface area (Å²) in [5.41, 5.74) is 0. The molecule has 1 aliphatic rings. The molecule has 0 aliphatic heterocycles. The molecule has 5 nitrogen and oxygen atoms in total. The molecule has 0 spiro atoms. The second-order valence-corrected chi connectivity index (χ2v) is 7.38. The third-order valence-electron chi connectivity index (χ3n) is 5.11. The Hall–Kier alpha value is -1.43. The van der Waals surface area contributed by atoms with Gasteiger partial charge in [-0.05, 0) is 38.0 Å². The molecule has 0 amide bonds. The number of aliphatic hydroxyl groups is 3. The molecule has 0 aromatic heterocycles. The molecule has 154 valence electrons. The molecule has 0 radical (unpaired) electrons. The van der Waals surface area contributed by atoms with Crippen molar-refractivity contribution < 1.29 is 25.2 Å². The van der Waals surface area contributed by atoms with Gasteiger partial charge in [-0.3, -0.25) is 4.79 Å². The third kappa shape index (κ3) is 9.89. The predicted molar refractivity (Wildman–Crippen MR) is 107 cm³/mol. The van der Waals surface area contributed by atoms with Crippen LogP contribution in [0.25, 0.3) is 0 Å². The van der Waals surface area contributed by atoms with E-state index in [1.807, 2.05) is 6.08 Å². The Kier molecular flexibility index (Phi) is 12.0. The number of carboxylic acids is 1. The van der Waals surface area contributed by atoms with Gasteiger partial charge in [-0.1, -0.05) is 56.2 Å². The summed E-state index contributed by atoms with van der Waals surface area (Å²) in [6.07, 6.45) is 16.1. The second-order valence-electron chi connectivity index (χ2n) is 7.38.